The Balaban J connectivity index is 2.53. The molecule has 1 rings (SSSR count). The van der Waals surface area contributed by atoms with Gasteiger partial charge in [0.25, 0.3) is 0 Å². The third-order valence-corrected chi connectivity index (χ3v) is 3.74. The second kappa shape index (κ2) is 6.37. The van der Waals surface area contributed by atoms with Crippen LogP contribution in [0, 0.1) is 11.8 Å². The van der Waals surface area contributed by atoms with Gasteiger partial charge in [-0.1, -0.05) is 26.7 Å². The van der Waals surface area contributed by atoms with E-state index >= 15 is 0 Å². The van der Waals surface area contributed by atoms with E-state index in [-0.39, 0.29) is 18.0 Å². The SMILES string of the molecule is CC[C@H](C)[C@H]1CCCC[C@@H]1OC(=O)CCl. The minimum Gasteiger partial charge on any atom is -0.461 e. The van der Waals surface area contributed by atoms with Crippen LogP contribution in [0.3, 0.4) is 0 Å². The van der Waals surface area contributed by atoms with Gasteiger partial charge in [0.05, 0.1) is 0 Å². The molecule has 0 aromatic heterocycles. The predicted molar refractivity (Wildman–Crippen MR) is 62.0 cm³/mol. The Kier molecular flexibility index (Phi) is 5.44. The minimum atomic E-state index is -0.267. The smallest absolute Gasteiger partial charge is 0.321 e. The van der Waals surface area contributed by atoms with Gasteiger partial charge in [-0.15, -0.1) is 11.6 Å². The van der Waals surface area contributed by atoms with Gasteiger partial charge >= 0.3 is 5.97 Å². The van der Waals surface area contributed by atoms with Crippen molar-refractivity contribution in [2.75, 3.05) is 5.88 Å². The number of hydrogen-bond acceptors (Lipinski definition) is 2. The molecule has 0 radical (unpaired) electrons. The first-order valence-corrected chi connectivity index (χ1v) is 6.48. The Morgan fingerprint density at radius 3 is 2.73 bits per heavy atom. The third-order valence-electron chi connectivity index (χ3n) is 3.52. The lowest BCUT2D eigenvalue weighted by molar-refractivity contribution is -0.151. The summed E-state index contributed by atoms with van der Waals surface area (Å²) in [5.74, 6) is 0.884. The normalized spacial score (nSPS) is 28.5. The van der Waals surface area contributed by atoms with Crippen LogP contribution in [0.25, 0.3) is 0 Å². The molecule has 0 aliphatic heterocycles. The van der Waals surface area contributed by atoms with Crippen LogP contribution in [0.2, 0.25) is 0 Å². The highest BCUT2D eigenvalue weighted by atomic mass is 35.5. The van der Waals surface area contributed by atoms with Crippen molar-refractivity contribution in [1.29, 1.82) is 0 Å². The van der Waals surface area contributed by atoms with Gasteiger partial charge in [0.1, 0.15) is 12.0 Å². The summed E-state index contributed by atoms with van der Waals surface area (Å²) >= 11 is 5.46. The number of carbonyl (C=O) groups excluding carboxylic acids is 1. The van der Waals surface area contributed by atoms with E-state index in [1.54, 1.807) is 0 Å². The first-order valence-electron chi connectivity index (χ1n) is 5.94. The zero-order valence-electron chi connectivity index (χ0n) is 9.67. The van der Waals surface area contributed by atoms with Gasteiger partial charge in [-0.05, 0) is 31.1 Å². The second-order valence-electron chi connectivity index (χ2n) is 4.50. The quantitative estimate of drug-likeness (QED) is 0.549. The van der Waals surface area contributed by atoms with Gasteiger partial charge in [0, 0.05) is 0 Å². The lowest BCUT2D eigenvalue weighted by atomic mass is 9.77. The molecule has 0 aromatic carbocycles. The number of rotatable bonds is 4. The fourth-order valence-electron chi connectivity index (χ4n) is 2.43. The molecule has 1 aliphatic carbocycles. The van der Waals surface area contributed by atoms with Crippen molar-refractivity contribution in [2.24, 2.45) is 11.8 Å². The van der Waals surface area contributed by atoms with E-state index in [2.05, 4.69) is 13.8 Å². The maximum Gasteiger partial charge on any atom is 0.321 e. The maximum atomic E-state index is 11.2. The monoisotopic (exact) mass is 232 g/mol. The predicted octanol–water partition coefficient (Wildman–Crippen LogP) is 3.37. The van der Waals surface area contributed by atoms with Crippen LogP contribution in [0.1, 0.15) is 46.0 Å². The lowest BCUT2D eigenvalue weighted by Crippen LogP contribution is -2.34. The van der Waals surface area contributed by atoms with Crippen LogP contribution >= 0.6 is 11.6 Å². The summed E-state index contributed by atoms with van der Waals surface area (Å²) in [6.45, 7) is 4.44. The standard InChI is InChI=1S/C12H21ClO2/c1-3-9(2)10-6-4-5-7-11(10)15-12(14)8-13/h9-11H,3-8H2,1-2H3/t9-,10+,11-/m0/s1. The van der Waals surface area contributed by atoms with E-state index in [0.29, 0.717) is 11.8 Å². The molecule has 0 heterocycles. The fraction of sp³-hybridized carbons (Fsp3) is 0.917. The summed E-state index contributed by atoms with van der Waals surface area (Å²) in [6.07, 6.45) is 5.91. The number of halogens is 1. The molecule has 1 saturated carbocycles. The van der Waals surface area contributed by atoms with E-state index in [1.807, 2.05) is 0 Å². The largest absolute Gasteiger partial charge is 0.461 e. The van der Waals surface area contributed by atoms with E-state index in [0.717, 1.165) is 12.8 Å². The van der Waals surface area contributed by atoms with Gasteiger partial charge < -0.3 is 4.74 Å². The molecule has 0 saturated heterocycles. The molecule has 2 nitrogen and oxygen atoms in total. The Morgan fingerprint density at radius 2 is 2.13 bits per heavy atom. The molecule has 3 heteroatoms. The van der Waals surface area contributed by atoms with Crippen molar-refractivity contribution < 1.29 is 9.53 Å². The third kappa shape index (κ3) is 3.67. The van der Waals surface area contributed by atoms with E-state index in [1.165, 1.54) is 19.3 Å². The van der Waals surface area contributed by atoms with Crippen molar-refractivity contribution in [2.45, 2.75) is 52.1 Å². The molecular formula is C12H21ClO2. The Hall–Kier alpha value is -0.240. The average molecular weight is 233 g/mol. The molecule has 0 bridgehead atoms. The minimum absolute atomic E-state index is 0.0241. The molecule has 0 aromatic rings. The second-order valence-corrected chi connectivity index (χ2v) is 4.76. The molecule has 1 fully saturated rings. The van der Waals surface area contributed by atoms with Gasteiger partial charge in [0.15, 0.2) is 0 Å². The highest BCUT2D eigenvalue weighted by molar-refractivity contribution is 6.26. The van der Waals surface area contributed by atoms with Crippen molar-refractivity contribution >= 4 is 17.6 Å². The van der Waals surface area contributed by atoms with Crippen molar-refractivity contribution in [3.8, 4) is 0 Å². The highest BCUT2D eigenvalue weighted by Gasteiger charge is 2.31. The highest BCUT2D eigenvalue weighted by Crippen LogP contribution is 2.33. The maximum absolute atomic E-state index is 11.2. The fourth-order valence-corrected chi connectivity index (χ4v) is 2.49. The van der Waals surface area contributed by atoms with Gasteiger partial charge in [-0.25, -0.2) is 0 Å². The molecule has 3 atom stereocenters. The molecule has 15 heavy (non-hydrogen) atoms. The van der Waals surface area contributed by atoms with Crippen LogP contribution < -0.4 is 0 Å². The summed E-state index contributed by atoms with van der Waals surface area (Å²) in [7, 11) is 0. The number of ether oxygens (including phenoxy) is 1. The van der Waals surface area contributed by atoms with E-state index in [4.69, 9.17) is 16.3 Å². The first-order chi connectivity index (χ1) is 7.19. The molecule has 0 amide bonds. The Labute approximate surface area is 97.3 Å². The molecular weight excluding hydrogens is 212 g/mol. The van der Waals surface area contributed by atoms with Crippen LogP contribution in [-0.2, 0) is 9.53 Å². The van der Waals surface area contributed by atoms with Crippen molar-refractivity contribution in [3.63, 3.8) is 0 Å². The zero-order valence-corrected chi connectivity index (χ0v) is 10.4. The molecule has 88 valence electrons. The topological polar surface area (TPSA) is 26.3 Å². The number of esters is 1. The summed E-state index contributed by atoms with van der Waals surface area (Å²) in [5.41, 5.74) is 0. The van der Waals surface area contributed by atoms with Crippen LogP contribution in [0.5, 0.6) is 0 Å². The summed E-state index contributed by atoms with van der Waals surface area (Å²) in [6, 6.07) is 0. The molecule has 0 unspecified atom stereocenters. The van der Waals surface area contributed by atoms with Crippen molar-refractivity contribution in [3.05, 3.63) is 0 Å². The van der Waals surface area contributed by atoms with Gasteiger partial charge in [0.2, 0.25) is 0 Å². The summed E-state index contributed by atoms with van der Waals surface area (Å²) in [5, 5.41) is 0. The average Bonchev–Trinajstić information content (AvgIpc) is 2.28. The first kappa shape index (κ1) is 12.8. The molecule has 1 aliphatic rings. The molecule has 0 N–H and O–H groups in total. The van der Waals surface area contributed by atoms with Gasteiger partial charge in [-0.3, -0.25) is 4.79 Å². The Morgan fingerprint density at radius 1 is 1.47 bits per heavy atom. The van der Waals surface area contributed by atoms with Crippen LogP contribution in [-0.4, -0.2) is 18.0 Å². The Bertz CT molecular complexity index is 206. The van der Waals surface area contributed by atoms with Gasteiger partial charge in [-0.2, -0.15) is 0 Å². The van der Waals surface area contributed by atoms with E-state index < -0.39 is 0 Å². The number of carbonyl (C=O) groups is 1. The summed E-state index contributed by atoms with van der Waals surface area (Å²) in [4.78, 5) is 11.2. The number of hydrogen-bond donors (Lipinski definition) is 0. The van der Waals surface area contributed by atoms with E-state index in [9.17, 15) is 4.79 Å². The lowest BCUT2D eigenvalue weighted by Gasteiger charge is -2.34. The van der Waals surface area contributed by atoms with Crippen LogP contribution in [0.4, 0.5) is 0 Å². The van der Waals surface area contributed by atoms with Crippen molar-refractivity contribution in [1.82, 2.24) is 0 Å². The summed E-state index contributed by atoms with van der Waals surface area (Å²) < 4.78 is 5.41. The van der Waals surface area contributed by atoms with Crippen LogP contribution in [0.15, 0.2) is 0 Å². The zero-order chi connectivity index (χ0) is 11.3. The number of alkyl halides is 1. The molecule has 0 spiro atoms.